The first-order valence-corrected chi connectivity index (χ1v) is 9.34. The van der Waals surface area contributed by atoms with E-state index in [4.69, 9.17) is 9.47 Å². The second-order valence-corrected chi connectivity index (χ2v) is 6.83. The monoisotopic (exact) mass is 399 g/mol. The van der Waals surface area contributed by atoms with Gasteiger partial charge in [0.25, 0.3) is 0 Å². The van der Waals surface area contributed by atoms with Gasteiger partial charge in [0.05, 0.1) is 39.8 Å². The summed E-state index contributed by atoms with van der Waals surface area (Å²) in [5, 5.41) is 3.24. The molecule has 29 heavy (non-hydrogen) atoms. The van der Waals surface area contributed by atoms with Gasteiger partial charge in [-0.2, -0.15) is 4.98 Å². The molecule has 3 aromatic rings. The van der Waals surface area contributed by atoms with Gasteiger partial charge in [0.15, 0.2) is 5.65 Å². The largest absolute Gasteiger partial charge is 0.505 e. The number of fused-ring (bicyclic) bond motifs is 1. The van der Waals surface area contributed by atoms with E-state index in [1.165, 1.54) is 35.7 Å². The Bertz CT molecular complexity index is 1120. The van der Waals surface area contributed by atoms with Crippen LogP contribution < -0.4 is 15.7 Å². The van der Waals surface area contributed by atoms with Crippen LogP contribution in [0.25, 0.3) is 11.2 Å². The van der Waals surface area contributed by atoms with E-state index in [0.29, 0.717) is 34.5 Å². The van der Waals surface area contributed by atoms with Gasteiger partial charge in [0.2, 0.25) is 5.95 Å². The van der Waals surface area contributed by atoms with Crippen molar-refractivity contribution in [1.82, 2.24) is 19.1 Å². The van der Waals surface area contributed by atoms with Crippen LogP contribution in [-0.2, 0) is 17.8 Å². The molecule has 152 valence electrons. The summed E-state index contributed by atoms with van der Waals surface area (Å²) in [4.78, 5) is 22.0. The molecular formula is C20H22FN5O3. The van der Waals surface area contributed by atoms with Crippen LogP contribution in [0.1, 0.15) is 18.4 Å². The zero-order valence-electron chi connectivity index (χ0n) is 16.3. The maximum atomic E-state index is 14.5. The van der Waals surface area contributed by atoms with E-state index in [9.17, 15) is 9.18 Å². The number of hydrogen-bond acceptors (Lipinski definition) is 6. The second-order valence-electron chi connectivity index (χ2n) is 6.83. The number of methoxy groups -OCH3 is 2. The maximum absolute atomic E-state index is 14.5. The quantitative estimate of drug-likeness (QED) is 0.586. The minimum atomic E-state index is -0.440. The van der Waals surface area contributed by atoms with E-state index in [1.54, 1.807) is 24.4 Å². The highest BCUT2D eigenvalue weighted by Crippen LogP contribution is 2.25. The number of nitrogens with one attached hydrogen (secondary N) is 1. The van der Waals surface area contributed by atoms with Crippen molar-refractivity contribution < 1.29 is 13.9 Å². The van der Waals surface area contributed by atoms with Crippen LogP contribution in [0.2, 0.25) is 0 Å². The number of anilines is 1. The Labute approximate surface area is 166 Å². The first-order valence-electron chi connectivity index (χ1n) is 9.34. The Morgan fingerprint density at radius 3 is 2.86 bits per heavy atom. The number of halogens is 1. The number of rotatable bonds is 8. The van der Waals surface area contributed by atoms with Crippen LogP contribution in [0.4, 0.5) is 10.3 Å². The summed E-state index contributed by atoms with van der Waals surface area (Å²) in [5.41, 5.74) is 0.976. The van der Waals surface area contributed by atoms with Crippen molar-refractivity contribution >= 4 is 17.1 Å². The van der Waals surface area contributed by atoms with Gasteiger partial charge in [-0.15, -0.1) is 0 Å². The average molecular weight is 399 g/mol. The molecule has 0 spiro atoms. The standard InChI is InChI=1S/C20H22FN5O3/c1-28-10-4-9-25-18-16(11-22-19(24-18)23-13-7-8-13)26(20(25)27)12-14-15(21)5-3-6-17(14)29-2/h3-6,10-11,13H,7-9,12H2,1-2H3,(H,22,23,24)/b10-4+. The molecule has 0 amide bonds. The molecule has 2 aromatic heterocycles. The van der Waals surface area contributed by atoms with Crippen molar-refractivity contribution in [3.8, 4) is 5.75 Å². The Morgan fingerprint density at radius 1 is 1.31 bits per heavy atom. The Morgan fingerprint density at radius 2 is 2.14 bits per heavy atom. The predicted octanol–water partition coefficient (Wildman–Crippen LogP) is 2.52. The SMILES string of the molecule is CO/C=C/Cn1c(=O)n(Cc2c(F)cccc2OC)c2cnc(NC3CC3)nc21. The van der Waals surface area contributed by atoms with Crippen LogP contribution in [0.15, 0.2) is 41.5 Å². The van der Waals surface area contributed by atoms with Gasteiger partial charge in [0, 0.05) is 11.6 Å². The van der Waals surface area contributed by atoms with Crippen molar-refractivity contribution in [1.29, 1.82) is 0 Å². The lowest BCUT2D eigenvalue weighted by Gasteiger charge is -2.10. The summed E-state index contributed by atoms with van der Waals surface area (Å²) in [5.74, 6) is 0.416. The summed E-state index contributed by atoms with van der Waals surface area (Å²) >= 11 is 0. The Hall–Kier alpha value is -3.36. The molecule has 0 atom stereocenters. The van der Waals surface area contributed by atoms with E-state index in [2.05, 4.69) is 15.3 Å². The first-order chi connectivity index (χ1) is 14.1. The highest BCUT2D eigenvalue weighted by Gasteiger charge is 2.23. The second kappa shape index (κ2) is 7.94. The van der Waals surface area contributed by atoms with Crippen LogP contribution in [0.5, 0.6) is 5.75 Å². The molecule has 1 aliphatic carbocycles. The molecule has 8 nitrogen and oxygen atoms in total. The molecule has 9 heteroatoms. The van der Waals surface area contributed by atoms with E-state index >= 15 is 0 Å². The molecule has 0 radical (unpaired) electrons. The molecular weight excluding hydrogens is 377 g/mol. The Balaban J connectivity index is 1.82. The molecule has 0 saturated heterocycles. The van der Waals surface area contributed by atoms with E-state index in [-0.39, 0.29) is 18.8 Å². The van der Waals surface area contributed by atoms with Gasteiger partial charge < -0.3 is 14.8 Å². The van der Waals surface area contributed by atoms with E-state index < -0.39 is 5.82 Å². The topological polar surface area (TPSA) is 83.2 Å². The van der Waals surface area contributed by atoms with Gasteiger partial charge in [-0.05, 0) is 31.1 Å². The number of aromatic nitrogens is 4. The molecule has 4 rings (SSSR count). The number of ether oxygens (including phenoxy) is 2. The lowest BCUT2D eigenvalue weighted by Crippen LogP contribution is -2.25. The summed E-state index contributed by atoms with van der Waals surface area (Å²) in [6.07, 6.45) is 6.97. The molecule has 2 heterocycles. The van der Waals surface area contributed by atoms with Crippen molar-refractivity contribution in [3.05, 3.63) is 58.6 Å². The number of hydrogen-bond donors (Lipinski definition) is 1. The maximum Gasteiger partial charge on any atom is 0.330 e. The van der Waals surface area contributed by atoms with Gasteiger partial charge in [-0.3, -0.25) is 9.13 Å². The van der Waals surface area contributed by atoms with Crippen LogP contribution in [0.3, 0.4) is 0 Å². The zero-order chi connectivity index (χ0) is 20.4. The highest BCUT2D eigenvalue weighted by molar-refractivity contribution is 5.72. The fourth-order valence-electron chi connectivity index (χ4n) is 3.18. The van der Waals surface area contributed by atoms with Gasteiger partial charge in [-0.1, -0.05) is 6.07 Å². The minimum absolute atomic E-state index is 0.00489. The summed E-state index contributed by atoms with van der Waals surface area (Å²) in [7, 11) is 3.01. The fraction of sp³-hybridized carbons (Fsp3) is 0.350. The minimum Gasteiger partial charge on any atom is -0.505 e. The first kappa shape index (κ1) is 19.0. The highest BCUT2D eigenvalue weighted by atomic mass is 19.1. The van der Waals surface area contributed by atoms with Gasteiger partial charge in [-0.25, -0.2) is 14.2 Å². The van der Waals surface area contributed by atoms with E-state index in [1.807, 2.05) is 0 Å². The molecule has 1 N–H and O–H groups in total. The lowest BCUT2D eigenvalue weighted by molar-refractivity contribution is 0.336. The molecule has 0 bridgehead atoms. The smallest absolute Gasteiger partial charge is 0.330 e. The number of benzene rings is 1. The average Bonchev–Trinajstić information content (AvgIpc) is 3.50. The van der Waals surface area contributed by atoms with E-state index in [0.717, 1.165) is 12.8 Å². The lowest BCUT2D eigenvalue weighted by atomic mass is 10.2. The van der Waals surface area contributed by atoms with Crippen LogP contribution >= 0.6 is 0 Å². The molecule has 1 fully saturated rings. The molecule has 1 aromatic carbocycles. The third-order valence-electron chi connectivity index (χ3n) is 4.80. The predicted molar refractivity (Wildman–Crippen MR) is 107 cm³/mol. The number of nitrogens with zero attached hydrogens (tertiary/aromatic N) is 4. The Kier molecular flexibility index (Phi) is 5.20. The van der Waals surface area contributed by atoms with Crippen molar-refractivity contribution in [3.63, 3.8) is 0 Å². The molecule has 0 unspecified atom stereocenters. The van der Waals surface area contributed by atoms with Gasteiger partial charge in [0.1, 0.15) is 17.1 Å². The van der Waals surface area contributed by atoms with Crippen LogP contribution in [0, 0.1) is 5.82 Å². The van der Waals surface area contributed by atoms with Crippen LogP contribution in [-0.4, -0.2) is 39.4 Å². The molecule has 0 aliphatic heterocycles. The summed E-state index contributed by atoms with van der Waals surface area (Å²) in [6, 6.07) is 4.96. The number of allylic oxidation sites excluding steroid dienone is 1. The van der Waals surface area contributed by atoms with Crippen molar-refractivity contribution in [2.75, 3.05) is 19.5 Å². The normalized spacial score (nSPS) is 13.9. The molecule has 1 saturated carbocycles. The van der Waals surface area contributed by atoms with Crippen molar-refractivity contribution in [2.24, 2.45) is 0 Å². The van der Waals surface area contributed by atoms with Gasteiger partial charge >= 0.3 is 5.69 Å². The molecule has 1 aliphatic rings. The zero-order valence-corrected chi connectivity index (χ0v) is 16.3. The van der Waals surface area contributed by atoms with Crippen molar-refractivity contribution in [2.45, 2.75) is 32.0 Å². The number of imidazole rings is 1. The fourth-order valence-corrected chi connectivity index (χ4v) is 3.18. The summed E-state index contributed by atoms with van der Waals surface area (Å²) in [6.45, 7) is 0.273. The summed E-state index contributed by atoms with van der Waals surface area (Å²) < 4.78 is 27.6. The third kappa shape index (κ3) is 3.80. The third-order valence-corrected chi connectivity index (χ3v) is 4.80.